The van der Waals surface area contributed by atoms with Crippen LogP contribution in [0, 0.1) is 23.2 Å². The third-order valence-electron chi connectivity index (χ3n) is 3.10. The van der Waals surface area contributed by atoms with Gasteiger partial charge in [0.2, 0.25) is 0 Å². The summed E-state index contributed by atoms with van der Waals surface area (Å²) in [7, 11) is 0. The van der Waals surface area contributed by atoms with Crippen molar-refractivity contribution in [1.82, 2.24) is 0 Å². The Bertz CT molecular complexity index is 307. The van der Waals surface area contributed by atoms with E-state index in [9.17, 15) is 4.79 Å². The highest BCUT2D eigenvalue weighted by Crippen LogP contribution is 2.24. The maximum atomic E-state index is 10.6. The summed E-state index contributed by atoms with van der Waals surface area (Å²) in [6.45, 7) is 1.33. The molecule has 0 bridgehead atoms. The summed E-state index contributed by atoms with van der Waals surface area (Å²) >= 11 is 0. The lowest BCUT2D eigenvalue weighted by molar-refractivity contribution is -0.140. The largest absolute Gasteiger partial charge is 0.331 e. The summed E-state index contributed by atoms with van der Waals surface area (Å²) < 4.78 is 0. The fraction of sp³-hybridized carbons (Fsp3) is 0.769. The first-order valence-electron chi connectivity index (χ1n) is 6.33. The first kappa shape index (κ1) is 13.7. The van der Waals surface area contributed by atoms with Gasteiger partial charge in [-0.25, -0.2) is 4.79 Å². The molecule has 0 aliphatic heterocycles. The number of oxime groups is 1. The summed E-state index contributed by atoms with van der Waals surface area (Å²) in [5.74, 6) is -0.0277. The van der Waals surface area contributed by atoms with Crippen molar-refractivity contribution in [3.05, 3.63) is 0 Å². The number of hydrogen-bond donors (Lipinski definition) is 0. The van der Waals surface area contributed by atoms with E-state index in [1.54, 1.807) is 6.21 Å². The van der Waals surface area contributed by atoms with Crippen LogP contribution in [0.5, 0.6) is 0 Å². The molecule has 1 aliphatic rings. The average molecular weight is 236 g/mol. The Morgan fingerprint density at radius 3 is 2.71 bits per heavy atom. The maximum absolute atomic E-state index is 10.6. The van der Waals surface area contributed by atoms with E-state index < -0.39 is 5.97 Å². The Hall–Kier alpha value is -1.37. The number of nitrogens with zero attached hydrogens (tertiary/aromatic N) is 2. The lowest BCUT2D eigenvalue weighted by Crippen LogP contribution is -2.09. The second kappa shape index (κ2) is 7.83. The standard InChI is InChI=1S/C13H20N2O2/c1-11(16)17-15-10-13-7-5-3-2-4-6-12(8-13)9-14/h10,12-13H,2-8H2,1H3. The van der Waals surface area contributed by atoms with Gasteiger partial charge in [-0.2, -0.15) is 5.26 Å². The molecule has 2 atom stereocenters. The van der Waals surface area contributed by atoms with E-state index in [1.807, 2.05) is 0 Å². The van der Waals surface area contributed by atoms with Gasteiger partial charge < -0.3 is 4.84 Å². The van der Waals surface area contributed by atoms with Crippen molar-refractivity contribution in [2.75, 3.05) is 0 Å². The fourth-order valence-corrected chi connectivity index (χ4v) is 2.20. The summed E-state index contributed by atoms with van der Waals surface area (Å²) in [6.07, 6.45) is 9.28. The van der Waals surface area contributed by atoms with Crippen LogP contribution < -0.4 is 0 Å². The second-order valence-electron chi connectivity index (χ2n) is 4.65. The van der Waals surface area contributed by atoms with Crippen molar-refractivity contribution < 1.29 is 9.63 Å². The third-order valence-corrected chi connectivity index (χ3v) is 3.10. The molecule has 4 heteroatoms. The van der Waals surface area contributed by atoms with Gasteiger partial charge in [-0.3, -0.25) is 0 Å². The molecule has 4 nitrogen and oxygen atoms in total. The molecule has 1 aliphatic carbocycles. The number of nitriles is 1. The molecule has 0 aromatic carbocycles. The highest BCUT2D eigenvalue weighted by atomic mass is 16.7. The van der Waals surface area contributed by atoms with Crippen molar-refractivity contribution >= 4 is 12.2 Å². The van der Waals surface area contributed by atoms with E-state index in [2.05, 4.69) is 16.1 Å². The molecule has 0 aromatic heterocycles. The van der Waals surface area contributed by atoms with Gasteiger partial charge in [-0.15, -0.1) is 0 Å². The highest BCUT2D eigenvalue weighted by molar-refractivity contribution is 5.67. The molecule has 17 heavy (non-hydrogen) atoms. The minimum atomic E-state index is -0.402. The van der Waals surface area contributed by atoms with E-state index in [0.29, 0.717) is 0 Å². The molecule has 1 fully saturated rings. The molecule has 0 amide bonds. The normalized spacial score (nSPS) is 26.6. The minimum absolute atomic E-state index is 0.113. The zero-order valence-electron chi connectivity index (χ0n) is 10.4. The predicted molar refractivity (Wildman–Crippen MR) is 65.2 cm³/mol. The first-order chi connectivity index (χ1) is 8.22. The van der Waals surface area contributed by atoms with Gasteiger partial charge in [0, 0.05) is 19.1 Å². The molecule has 0 radical (unpaired) electrons. The molecule has 1 rings (SSSR count). The van der Waals surface area contributed by atoms with Crippen molar-refractivity contribution in [3.8, 4) is 6.07 Å². The van der Waals surface area contributed by atoms with Crippen LogP contribution in [0.25, 0.3) is 0 Å². The van der Waals surface area contributed by atoms with E-state index in [1.165, 1.54) is 19.8 Å². The number of hydrogen-bond acceptors (Lipinski definition) is 4. The van der Waals surface area contributed by atoms with Crippen molar-refractivity contribution in [3.63, 3.8) is 0 Å². The Morgan fingerprint density at radius 1 is 1.35 bits per heavy atom. The average Bonchev–Trinajstić information content (AvgIpc) is 2.40. The van der Waals surface area contributed by atoms with Crippen LogP contribution in [0.4, 0.5) is 0 Å². The number of carbonyl (C=O) groups excluding carboxylic acids is 1. The Kier molecular flexibility index (Phi) is 6.31. The van der Waals surface area contributed by atoms with Crippen LogP contribution in [-0.4, -0.2) is 12.2 Å². The van der Waals surface area contributed by atoms with Crippen LogP contribution in [-0.2, 0) is 9.63 Å². The van der Waals surface area contributed by atoms with Gasteiger partial charge >= 0.3 is 5.97 Å². The lowest BCUT2D eigenvalue weighted by atomic mass is 9.91. The Labute approximate surface area is 103 Å². The van der Waals surface area contributed by atoms with Crippen molar-refractivity contribution in [2.45, 2.75) is 51.9 Å². The quantitative estimate of drug-likeness (QED) is 0.420. The van der Waals surface area contributed by atoms with E-state index >= 15 is 0 Å². The van der Waals surface area contributed by atoms with Gasteiger partial charge in [0.05, 0.1) is 6.07 Å². The molecular formula is C13H20N2O2. The van der Waals surface area contributed by atoms with Crippen molar-refractivity contribution in [1.29, 1.82) is 5.26 Å². The molecule has 0 aromatic rings. The smallest absolute Gasteiger partial charge is 0.319 e. The van der Waals surface area contributed by atoms with Crippen LogP contribution in [0.15, 0.2) is 5.16 Å². The summed E-state index contributed by atoms with van der Waals surface area (Å²) in [5.41, 5.74) is 0. The molecule has 0 saturated heterocycles. The van der Waals surface area contributed by atoms with Crippen molar-refractivity contribution in [2.24, 2.45) is 17.0 Å². The minimum Gasteiger partial charge on any atom is -0.319 e. The molecule has 0 spiro atoms. The van der Waals surface area contributed by atoms with Crippen LogP contribution in [0.3, 0.4) is 0 Å². The van der Waals surface area contributed by atoms with Gasteiger partial charge in [0.1, 0.15) is 0 Å². The highest BCUT2D eigenvalue weighted by Gasteiger charge is 2.16. The topological polar surface area (TPSA) is 62.4 Å². The molecule has 0 N–H and O–H groups in total. The zero-order chi connectivity index (χ0) is 12.5. The van der Waals surface area contributed by atoms with E-state index in [0.717, 1.165) is 32.1 Å². The van der Waals surface area contributed by atoms with Gasteiger partial charge in [-0.1, -0.05) is 30.8 Å². The predicted octanol–water partition coefficient (Wildman–Crippen LogP) is 3.04. The second-order valence-corrected chi connectivity index (χ2v) is 4.65. The summed E-state index contributed by atoms with van der Waals surface area (Å²) in [4.78, 5) is 15.2. The Balaban J connectivity index is 2.50. The van der Waals surface area contributed by atoms with E-state index in [-0.39, 0.29) is 11.8 Å². The fourth-order valence-electron chi connectivity index (χ4n) is 2.20. The van der Waals surface area contributed by atoms with Crippen LogP contribution in [0.1, 0.15) is 51.9 Å². The SMILES string of the molecule is CC(=O)ON=CC1CCCCCCC(C#N)C1. The molecule has 94 valence electrons. The molecular weight excluding hydrogens is 216 g/mol. The molecule has 0 heterocycles. The Morgan fingerprint density at radius 2 is 2.06 bits per heavy atom. The zero-order valence-corrected chi connectivity index (χ0v) is 10.4. The van der Waals surface area contributed by atoms with Gasteiger partial charge in [0.25, 0.3) is 0 Å². The monoisotopic (exact) mass is 236 g/mol. The van der Waals surface area contributed by atoms with E-state index in [4.69, 9.17) is 5.26 Å². The third kappa shape index (κ3) is 6.06. The van der Waals surface area contributed by atoms with Crippen LogP contribution >= 0.6 is 0 Å². The lowest BCUT2D eigenvalue weighted by Gasteiger charge is -2.13. The maximum Gasteiger partial charge on any atom is 0.331 e. The van der Waals surface area contributed by atoms with Gasteiger partial charge in [-0.05, 0) is 25.2 Å². The summed E-state index contributed by atoms with van der Waals surface area (Å²) in [5, 5.41) is 12.7. The summed E-state index contributed by atoms with van der Waals surface area (Å²) in [6, 6.07) is 2.36. The number of rotatable bonds is 2. The molecule has 1 saturated carbocycles. The first-order valence-corrected chi connectivity index (χ1v) is 6.33. The molecule has 2 unspecified atom stereocenters. The number of carbonyl (C=O) groups is 1. The van der Waals surface area contributed by atoms with Crippen LogP contribution in [0.2, 0.25) is 0 Å². The van der Waals surface area contributed by atoms with Gasteiger partial charge in [0.15, 0.2) is 0 Å².